The maximum Gasteiger partial charge on any atom is 0.322 e. The molecular weight excluding hydrogens is 222 g/mol. The summed E-state index contributed by atoms with van der Waals surface area (Å²) in [4.78, 5) is 11.4. The predicted molar refractivity (Wildman–Crippen MR) is 50.7 cm³/mol. The second-order valence-corrected chi connectivity index (χ2v) is 3.06. The molecule has 0 saturated carbocycles. The van der Waals surface area contributed by atoms with Crippen LogP contribution in [-0.4, -0.2) is 16.1 Å². The molecule has 0 bridgehead atoms. The lowest BCUT2D eigenvalue weighted by molar-refractivity contribution is 0.0994. The van der Waals surface area contributed by atoms with Crippen molar-refractivity contribution in [3.63, 3.8) is 0 Å². The molecule has 2 heterocycles. The molecule has 2 aromatic heterocycles. The van der Waals surface area contributed by atoms with E-state index in [9.17, 15) is 4.79 Å². The Bertz CT molecular complexity index is 491. The Labute approximate surface area is 89.2 Å². The normalized spacial score (nSPS) is 10.3. The zero-order chi connectivity index (χ0) is 10.8. The van der Waals surface area contributed by atoms with Crippen LogP contribution >= 0.6 is 11.6 Å². The van der Waals surface area contributed by atoms with Gasteiger partial charge >= 0.3 is 6.01 Å². The van der Waals surface area contributed by atoms with Crippen LogP contribution in [0.4, 0.5) is 6.01 Å². The van der Waals surface area contributed by atoms with E-state index < -0.39 is 5.91 Å². The van der Waals surface area contributed by atoms with Gasteiger partial charge in [-0.1, -0.05) is 5.10 Å². The summed E-state index contributed by atoms with van der Waals surface area (Å²) >= 11 is 5.51. The minimum atomic E-state index is -0.495. The number of carbonyl (C=O) groups excluding carboxylic acids is 1. The van der Waals surface area contributed by atoms with E-state index in [2.05, 4.69) is 15.5 Å². The molecule has 78 valence electrons. The van der Waals surface area contributed by atoms with Crippen molar-refractivity contribution in [2.45, 2.75) is 6.92 Å². The number of rotatable bonds is 2. The largest absolute Gasteiger partial charge is 0.440 e. The van der Waals surface area contributed by atoms with Gasteiger partial charge in [-0.05, 0) is 23.7 Å². The molecule has 0 aliphatic heterocycles. The zero-order valence-corrected chi connectivity index (χ0v) is 8.41. The van der Waals surface area contributed by atoms with Crippen LogP contribution in [0.15, 0.2) is 21.0 Å². The molecule has 1 N–H and O–H groups in total. The highest BCUT2D eigenvalue weighted by atomic mass is 35.5. The lowest BCUT2D eigenvalue weighted by Crippen LogP contribution is -2.10. The van der Waals surface area contributed by atoms with Crippen LogP contribution in [0.2, 0.25) is 5.22 Å². The van der Waals surface area contributed by atoms with Crippen molar-refractivity contribution < 1.29 is 13.6 Å². The molecule has 2 aromatic rings. The highest BCUT2D eigenvalue weighted by molar-refractivity contribution is 6.29. The summed E-state index contributed by atoms with van der Waals surface area (Å²) in [6, 6.07) is 2.93. The minimum Gasteiger partial charge on any atom is -0.440 e. The second-order valence-electron chi connectivity index (χ2n) is 2.68. The lowest BCUT2D eigenvalue weighted by Gasteiger charge is -1.94. The van der Waals surface area contributed by atoms with E-state index in [1.165, 1.54) is 12.1 Å². The second kappa shape index (κ2) is 3.74. The molecule has 0 aliphatic rings. The van der Waals surface area contributed by atoms with Gasteiger partial charge in [-0.25, -0.2) is 0 Å². The number of nitrogens with zero attached hydrogens (tertiary/aromatic N) is 2. The van der Waals surface area contributed by atoms with Crippen LogP contribution in [0.1, 0.15) is 16.4 Å². The third-order valence-corrected chi connectivity index (χ3v) is 1.75. The Balaban J connectivity index is 2.10. The average Bonchev–Trinajstić information content (AvgIpc) is 2.75. The van der Waals surface area contributed by atoms with E-state index in [-0.39, 0.29) is 17.0 Å². The van der Waals surface area contributed by atoms with E-state index in [4.69, 9.17) is 20.4 Å². The van der Waals surface area contributed by atoms with Gasteiger partial charge in [-0.3, -0.25) is 10.1 Å². The van der Waals surface area contributed by atoms with Crippen LogP contribution in [0, 0.1) is 6.92 Å². The zero-order valence-electron chi connectivity index (χ0n) is 7.65. The van der Waals surface area contributed by atoms with E-state index in [1.807, 2.05) is 0 Å². The topological polar surface area (TPSA) is 81.2 Å². The third-order valence-electron chi connectivity index (χ3n) is 1.54. The van der Waals surface area contributed by atoms with Crippen molar-refractivity contribution in [3.05, 3.63) is 29.0 Å². The first-order valence-electron chi connectivity index (χ1n) is 4.02. The number of amides is 1. The summed E-state index contributed by atoms with van der Waals surface area (Å²) in [5.41, 5.74) is 0. The average molecular weight is 228 g/mol. The van der Waals surface area contributed by atoms with E-state index in [1.54, 1.807) is 6.92 Å². The molecule has 0 atom stereocenters. The minimum absolute atomic E-state index is 0.0185. The summed E-state index contributed by atoms with van der Waals surface area (Å²) in [5, 5.41) is 9.65. The van der Waals surface area contributed by atoms with Gasteiger partial charge in [-0.2, -0.15) is 0 Å². The Kier molecular flexibility index (Phi) is 2.42. The Hall–Kier alpha value is -1.82. The van der Waals surface area contributed by atoms with Crippen molar-refractivity contribution in [2.75, 3.05) is 5.32 Å². The summed E-state index contributed by atoms with van der Waals surface area (Å²) in [6.07, 6.45) is 0. The van der Waals surface area contributed by atoms with Crippen molar-refractivity contribution in [2.24, 2.45) is 0 Å². The molecule has 0 spiro atoms. The molecule has 0 unspecified atom stereocenters. The van der Waals surface area contributed by atoms with Crippen molar-refractivity contribution in [1.82, 2.24) is 10.2 Å². The molecule has 6 nitrogen and oxygen atoms in total. The molecular formula is C8H6ClN3O3. The van der Waals surface area contributed by atoms with Crippen LogP contribution in [-0.2, 0) is 0 Å². The fourth-order valence-electron chi connectivity index (χ4n) is 0.942. The number of furan rings is 1. The standard InChI is InChI=1S/C8H6ClN3O3/c1-4-11-12-8(14-4)10-7(13)5-2-3-6(9)15-5/h2-3H,1H3,(H,10,12,13). The smallest absolute Gasteiger partial charge is 0.322 e. The molecule has 1 amide bonds. The first-order chi connectivity index (χ1) is 7.15. The van der Waals surface area contributed by atoms with Gasteiger partial charge in [0.05, 0.1) is 0 Å². The van der Waals surface area contributed by atoms with Gasteiger partial charge in [0.15, 0.2) is 11.0 Å². The number of aryl methyl sites for hydroxylation is 1. The van der Waals surface area contributed by atoms with Gasteiger partial charge in [0.25, 0.3) is 5.91 Å². The summed E-state index contributed by atoms with van der Waals surface area (Å²) < 4.78 is 9.84. The number of carbonyl (C=O) groups is 1. The number of anilines is 1. The predicted octanol–water partition coefficient (Wildman–Crippen LogP) is 1.88. The van der Waals surface area contributed by atoms with E-state index in [0.29, 0.717) is 5.89 Å². The quantitative estimate of drug-likeness (QED) is 0.847. The lowest BCUT2D eigenvalue weighted by atomic mass is 10.4. The fourth-order valence-corrected chi connectivity index (χ4v) is 1.09. The third kappa shape index (κ3) is 2.16. The number of hydrogen-bond acceptors (Lipinski definition) is 5. The molecule has 2 rings (SSSR count). The maximum atomic E-state index is 11.4. The number of hydrogen-bond donors (Lipinski definition) is 1. The SMILES string of the molecule is Cc1nnc(NC(=O)c2ccc(Cl)o2)o1. The highest BCUT2D eigenvalue weighted by Crippen LogP contribution is 2.14. The first-order valence-corrected chi connectivity index (χ1v) is 4.40. The molecule has 7 heteroatoms. The fraction of sp³-hybridized carbons (Fsp3) is 0.125. The summed E-state index contributed by atoms with van der Waals surface area (Å²) in [5.74, 6) is -0.0517. The molecule has 0 saturated heterocycles. The number of aromatic nitrogens is 2. The molecule has 0 radical (unpaired) electrons. The van der Waals surface area contributed by atoms with Crippen LogP contribution in [0.3, 0.4) is 0 Å². The van der Waals surface area contributed by atoms with E-state index >= 15 is 0 Å². The molecule has 0 aliphatic carbocycles. The Morgan fingerprint density at radius 1 is 1.40 bits per heavy atom. The molecule has 0 fully saturated rings. The highest BCUT2D eigenvalue weighted by Gasteiger charge is 2.13. The Morgan fingerprint density at radius 3 is 2.73 bits per heavy atom. The number of nitrogens with one attached hydrogen (secondary N) is 1. The molecule has 0 aromatic carbocycles. The Morgan fingerprint density at radius 2 is 2.20 bits per heavy atom. The molecule has 15 heavy (non-hydrogen) atoms. The first kappa shape index (κ1) is 9.72. The maximum absolute atomic E-state index is 11.4. The van der Waals surface area contributed by atoms with Crippen molar-refractivity contribution >= 4 is 23.5 Å². The van der Waals surface area contributed by atoms with Crippen molar-refractivity contribution in [3.8, 4) is 0 Å². The van der Waals surface area contributed by atoms with Crippen LogP contribution in [0.5, 0.6) is 0 Å². The van der Waals surface area contributed by atoms with Crippen LogP contribution < -0.4 is 5.32 Å². The van der Waals surface area contributed by atoms with Gasteiger partial charge < -0.3 is 8.83 Å². The number of halogens is 1. The summed E-state index contributed by atoms with van der Waals surface area (Å²) in [7, 11) is 0. The monoisotopic (exact) mass is 227 g/mol. The van der Waals surface area contributed by atoms with Gasteiger partial charge in [0.2, 0.25) is 5.89 Å². The van der Waals surface area contributed by atoms with Crippen LogP contribution in [0.25, 0.3) is 0 Å². The van der Waals surface area contributed by atoms with Gasteiger partial charge in [-0.15, -0.1) is 5.10 Å². The van der Waals surface area contributed by atoms with E-state index in [0.717, 1.165) is 0 Å². The van der Waals surface area contributed by atoms with Gasteiger partial charge in [0, 0.05) is 6.92 Å². The van der Waals surface area contributed by atoms with Gasteiger partial charge in [0.1, 0.15) is 0 Å². The summed E-state index contributed by atoms with van der Waals surface area (Å²) in [6.45, 7) is 1.62. The van der Waals surface area contributed by atoms with Crippen molar-refractivity contribution in [1.29, 1.82) is 0 Å².